The van der Waals surface area contributed by atoms with Crippen LogP contribution in [0.25, 0.3) is 0 Å². The molecule has 1 aliphatic heterocycles. The first-order chi connectivity index (χ1) is 8.86. The Labute approximate surface area is 115 Å². The summed E-state index contributed by atoms with van der Waals surface area (Å²) in [4.78, 5) is 24.3. The standard InChI is InChI=1S/C14H26N2O3/c1-5-19-13(18)11(14(2,3)4)12(17)16-10-6-8-15-9-7-10/h10-11,15H,5-9H2,1-4H3,(H,16,17). The molecule has 1 atom stereocenters. The largest absolute Gasteiger partial charge is 0.465 e. The van der Waals surface area contributed by atoms with E-state index in [1.54, 1.807) is 6.92 Å². The lowest BCUT2D eigenvalue weighted by Gasteiger charge is -2.31. The van der Waals surface area contributed by atoms with Gasteiger partial charge in [-0.1, -0.05) is 20.8 Å². The van der Waals surface area contributed by atoms with Crippen LogP contribution in [0.1, 0.15) is 40.5 Å². The van der Waals surface area contributed by atoms with Crippen LogP contribution in [0.2, 0.25) is 0 Å². The molecule has 0 aromatic carbocycles. The molecule has 0 aromatic heterocycles. The molecule has 1 unspecified atom stereocenters. The second-order valence-electron chi connectivity index (χ2n) is 6.08. The molecule has 5 nitrogen and oxygen atoms in total. The van der Waals surface area contributed by atoms with E-state index in [1.165, 1.54) is 0 Å². The monoisotopic (exact) mass is 270 g/mol. The summed E-state index contributed by atoms with van der Waals surface area (Å²) in [5.74, 6) is -1.39. The zero-order chi connectivity index (χ0) is 14.5. The summed E-state index contributed by atoms with van der Waals surface area (Å²) in [6, 6.07) is 0.160. The summed E-state index contributed by atoms with van der Waals surface area (Å²) in [5, 5.41) is 6.23. The molecule has 0 saturated carbocycles. The molecule has 1 heterocycles. The van der Waals surface area contributed by atoms with Crippen LogP contribution in [0.5, 0.6) is 0 Å². The van der Waals surface area contributed by atoms with E-state index in [9.17, 15) is 9.59 Å². The molecule has 0 spiro atoms. The molecule has 5 heteroatoms. The Bertz CT molecular complexity index is 317. The smallest absolute Gasteiger partial charge is 0.319 e. The lowest BCUT2D eigenvalue weighted by Crippen LogP contribution is -2.49. The molecule has 110 valence electrons. The van der Waals surface area contributed by atoms with Gasteiger partial charge in [-0.2, -0.15) is 0 Å². The normalized spacial score (nSPS) is 18.7. The van der Waals surface area contributed by atoms with Gasteiger partial charge in [0.1, 0.15) is 5.92 Å². The van der Waals surface area contributed by atoms with Crippen LogP contribution >= 0.6 is 0 Å². The minimum Gasteiger partial charge on any atom is -0.465 e. The molecular formula is C14H26N2O3. The highest BCUT2D eigenvalue weighted by Gasteiger charge is 2.39. The summed E-state index contributed by atoms with van der Waals surface area (Å²) < 4.78 is 5.03. The van der Waals surface area contributed by atoms with Crippen molar-refractivity contribution in [3.63, 3.8) is 0 Å². The molecule has 19 heavy (non-hydrogen) atoms. The van der Waals surface area contributed by atoms with Crippen LogP contribution in [0.15, 0.2) is 0 Å². The van der Waals surface area contributed by atoms with E-state index < -0.39 is 17.3 Å². The minimum absolute atomic E-state index is 0.160. The fourth-order valence-electron chi connectivity index (χ4n) is 2.33. The number of carbonyl (C=O) groups excluding carboxylic acids is 2. The van der Waals surface area contributed by atoms with Crippen molar-refractivity contribution in [2.24, 2.45) is 11.3 Å². The van der Waals surface area contributed by atoms with Gasteiger partial charge in [-0.25, -0.2) is 0 Å². The lowest BCUT2D eigenvalue weighted by molar-refractivity contribution is -0.156. The third-order valence-electron chi connectivity index (χ3n) is 3.34. The maximum atomic E-state index is 12.3. The van der Waals surface area contributed by atoms with Crippen molar-refractivity contribution in [2.45, 2.75) is 46.6 Å². The van der Waals surface area contributed by atoms with Gasteiger partial charge >= 0.3 is 5.97 Å². The molecule has 0 radical (unpaired) electrons. The summed E-state index contributed by atoms with van der Waals surface area (Å²) in [5.41, 5.74) is -0.441. The third-order valence-corrected chi connectivity index (χ3v) is 3.34. The van der Waals surface area contributed by atoms with Gasteiger partial charge in [0.15, 0.2) is 0 Å². The van der Waals surface area contributed by atoms with E-state index in [0.29, 0.717) is 6.61 Å². The van der Waals surface area contributed by atoms with Crippen LogP contribution in [0, 0.1) is 11.3 Å². The Morgan fingerprint density at radius 2 is 1.89 bits per heavy atom. The third kappa shape index (κ3) is 4.82. The Morgan fingerprint density at radius 1 is 1.32 bits per heavy atom. The fourth-order valence-corrected chi connectivity index (χ4v) is 2.33. The number of hydrogen-bond donors (Lipinski definition) is 2. The van der Waals surface area contributed by atoms with Crippen molar-refractivity contribution in [3.05, 3.63) is 0 Å². The molecule has 2 N–H and O–H groups in total. The summed E-state index contributed by atoms with van der Waals surface area (Å²) in [6.45, 7) is 9.52. The number of hydrogen-bond acceptors (Lipinski definition) is 4. The first-order valence-corrected chi connectivity index (χ1v) is 7.04. The quantitative estimate of drug-likeness (QED) is 0.592. The summed E-state index contributed by atoms with van der Waals surface area (Å²) in [6.07, 6.45) is 1.82. The topological polar surface area (TPSA) is 67.4 Å². The summed E-state index contributed by atoms with van der Waals surface area (Å²) in [7, 11) is 0. The van der Waals surface area contributed by atoms with Gasteiger partial charge in [-0.05, 0) is 38.3 Å². The number of rotatable bonds is 4. The van der Waals surface area contributed by atoms with Gasteiger partial charge < -0.3 is 15.4 Å². The van der Waals surface area contributed by atoms with Gasteiger partial charge in [-0.3, -0.25) is 9.59 Å². The number of esters is 1. The fraction of sp³-hybridized carbons (Fsp3) is 0.857. The van der Waals surface area contributed by atoms with Crippen molar-refractivity contribution in [2.75, 3.05) is 19.7 Å². The summed E-state index contributed by atoms with van der Waals surface area (Å²) >= 11 is 0. The van der Waals surface area contributed by atoms with Crippen molar-refractivity contribution < 1.29 is 14.3 Å². The molecule has 1 amide bonds. The Morgan fingerprint density at radius 3 is 2.37 bits per heavy atom. The van der Waals surface area contributed by atoms with Gasteiger partial charge in [0.2, 0.25) is 5.91 Å². The molecular weight excluding hydrogens is 244 g/mol. The molecule has 1 fully saturated rings. The van der Waals surface area contributed by atoms with Gasteiger partial charge in [0, 0.05) is 6.04 Å². The second kappa shape index (κ2) is 6.89. The predicted molar refractivity (Wildman–Crippen MR) is 73.6 cm³/mol. The van der Waals surface area contributed by atoms with Crippen LogP contribution in [0.4, 0.5) is 0 Å². The Kier molecular flexibility index (Phi) is 5.79. The maximum absolute atomic E-state index is 12.3. The average Bonchev–Trinajstić information content (AvgIpc) is 2.28. The van der Waals surface area contributed by atoms with Crippen LogP contribution in [-0.4, -0.2) is 37.6 Å². The molecule has 0 aliphatic carbocycles. The van der Waals surface area contributed by atoms with E-state index in [1.807, 2.05) is 20.8 Å². The van der Waals surface area contributed by atoms with Gasteiger partial charge in [0.25, 0.3) is 0 Å². The van der Waals surface area contributed by atoms with Crippen molar-refractivity contribution in [1.82, 2.24) is 10.6 Å². The first-order valence-electron chi connectivity index (χ1n) is 7.04. The van der Waals surface area contributed by atoms with E-state index in [2.05, 4.69) is 10.6 Å². The lowest BCUT2D eigenvalue weighted by atomic mass is 9.80. The second-order valence-corrected chi connectivity index (χ2v) is 6.08. The van der Waals surface area contributed by atoms with Crippen molar-refractivity contribution in [3.8, 4) is 0 Å². The van der Waals surface area contributed by atoms with Gasteiger partial charge in [-0.15, -0.1) is 0 Å². The van der Waals surface area contributed by atoms with E-state index in [4.69, 9.17) is 4.74 Å². The Hall–Kier alpha value is -1.10. The minimum atomic E-state index is -0.748. The highest BCUT2D eigenvalue weighted by atomic mass is 16.5. The SMILES string of the molecule is CCOC(=O)C(C(=O)NC1CCNCC1)C(C)(C)C. The zero-order valence-electron chi connectivity index (χ0n) is 12.4. The molecule has 1 saturated heterocycles. The van der Waals surface area contributed by atoms with Crippen molar-refractivity contribution >= 4 is 11.9 Å². The number of carbonyl (C=O) groups is 2. The highest BCUT2D eigenvalue weighted by molar-refractivity contribution is 5.98. The van der Waals surface area contributed by atoms with Crippen LogP contribution in [-0.2, 0) is 14.3 Å². The number of nitrogens with one attached hydrogen (secondary N) is 2. The van der Waals surface area contributed by atoms with E-state index in [-0.39, 0.29) is 11.9 Å². The van der Waals surface area contributed by atoms with E-state index >= 15 is 0 Å². The molecule has 0 bridgehead atoms. The maximum Gasteiger partial charge on any atom is 0.319 e. The van der Waals surface area contributed by atoms with Crippen LogP contribution < -0.4 is 10.6 Å². The first kappa shape index (κ1) is 16.0. The van der Waals surface area contributed by atoms with Gasteiger partial charge in [0.05, 0.1) is 6.61 Å². The van der Waals surface area contributed by atoms with Crippen LogP contribution in [0.3, 0.4) is 0 Å². The van der Waals surface area contributed by atoms with E-state index in [0.717, 1.165) is 25.9 Å². The number of ether oxygens (including phenoxy) is 1. The molecule has 1 aliphatic rings. The predicted octanol–water partition coefficient (Wildman–Crippen LogP) is 1.08. The average molecular weight is 270 g/mol. The molecule has 1 rings (SSSR count). The van der Waals surface area contributed by atoms with Crippen molar-refractivity contribution in [1.29, 1.82) is 0 Å². The number of piperidine rings is 1. The Balaban J connectivity index is 2.68. The number of amides is 1. The highest BCUT2D eigenvalue weighted by Crippen LogP contribution is 2.27. The zero-order valence-corrected chi connectivity index (χ0v) is 12.4. The molecule has 0 aromatic rings.